The molecule has 1 aromatic heterocycles. The molecule has 2 saturated heterocycles. The number of para-hydroxylation sites is 1. The van der Waals surface area contributed by atoms with Gasteiger partial charge in [-0.15, -0.1) is 0 Å². The normalized spacial score (nSPS) is 22.4. The van der Waals surface area contributed by atoms with Gasteiger partial charge in [0.25, 0.3) is 0 Å². The second-order valence-electron chi connectivity index (χ2n) is 12.3. The zero-order chi connectivity index (χ0) is 28.7. The van der Waals surface area contributed by atoms with E-state index in [1.807, 2.05) is 72.3 Å². The van der Waals surface area contributed by atoms with E-state index < -0.39 is 17.0 Å². The molecule has 2 aliphatic heterocycles. The number of rotatable bonds is 7. The number of amides is 3. The second-order valence-corrected chi connectivity index (χ2v) is 12.3. The van der Waals surface area contributed by atoms with Crippen molar-refractivity contribution in [1.82, 2.24) is 20.1 Å². The van der Waals surface area contributed by atoms with Crippen LogP contribution in [0.25, 0.3) is 10.9 Å². The van der Waals surface area contributed by atoms with Gasteiger partial charge in [0, 0.05) is 55.1 Å². The van der Waals surface area contributed by atoms with Crippen molar-refractivity contribution in [1.29, 1.82) is 0 Å². The first kappa shape index (κ1) is 27.9. The Morgan fingerprint density at radius 2 is 1.82 bits per heavy atom. The zero-order valence-corrected chi connectivity index (χ0v) is 23.9. The van der Waals surface area contributed by atoms with Crippen molar-refractivity contribution in [2.24, 2.45) is 11.1 Å². The number of nitrogens with zero attached hydrogens (tertiary/aromatic N) is 2. The number of fused-ring (bicyclic) bond motifs is 1. The fourth-order valence-electron chi connectivity index (χ4n) is 6.46. The predicted molar refractivity (Wildman–Crippen MR) is 156 cm³/mol. The molecule has 8 nitrogen and oxygen atoms in total. The number of aromatic amines is 1. The summed E-state index contributed by atoms with van der Waals surface area (Å²) in [4.78, 5) is 48.4. The Bertz CT molecular complexity index is 1390. The van der Waals surface area contributed by atoms with Gasteiger partial charge >= 0.3 is 0 Å². The summed E-state index contributed by atoms with van der Waals surface area (Å²) >= 11 is 0. The molecule has 212 valence electrons. The van der Waals surface area contributed by atoms with Crippen molar-refractivity contribution in [3.8, 4) is 0 Å². The highest BCUT2D eigenvalue weighted by molar-refractivity contribution is 5.93. The standard InChI is InChI=1S/C32H41N5O3/c1-21(2)37-19-25(22-11-6-5-7-12-22)32(30(37)40)15-10-16-36(20-32)28(38)27(35-29(39)31(3,4)33)17-23-18-34-26-14-9-8-13-24(23)26/h5-9,11-14,18,21,25,27,34H,10,15-17,19-20,33H2,1-4H3,(H,35,39). The highest BCUT2D eigenvalue weighted by Crippen LogP contribution is 2.50. The van der Waals surface area contributed by atoms with E-state index in [1.165, 1.54) is 0 Å². The molecule has 3 heterocycles. The number of benzene rings is 2. The van der Waals surface area contributed by atoms with Crippen LogP contribution in [0.1, 0.15) is 57.6 Å². The van der Waals surface area contributed by atoms with Crippen LogP contribution in [0.15, 0.2) is 60.8 Å². The maximum atomic E-state index is 14.3. The van der Waals surface area contributed by atoms with E-state index in [-0.39, 0.29) is 29.7 Å². The van der Waals surface area contributed by atoms with Crippen LogP contribution < -0.4 is 11.1 Å². The molecule has 2 fully saturated rings. The molecule has 0 aliphatic carbocycles. The van der Waals surface area contributed by atoms with Crippen LogP contribution in [-0.2, 0) is 20.8 Å². The van der Waals surface area contributed by atoms with E-state index in [0.717, 1.165) is 34.9 Å². The van der Waals surface area contributed by atoms with Gasteiger partial charge in [-0.1, -0.05) is 48.5 Å². The molecular weight excluding hydrogens is 502 g/mol. The number of likely N-dealkylation sites (tertiary alicyclic amines) is 2. The van der Waals surface area contributed by atoms with E-state index >= 15 is 0 Å². The lowest BCUT2D eigenvalue weighted by molar-refractivity contribution is -0.146. The minimum absolute atomic E-state index is 0.0103. The number of H-pyrrole nitrogens is 1. The summed E-state index contributed by atoms with van der Waals surface area (Å²) in [5, 5.41) is 3.97. The monoisotopic (exact) mass is 543 g/mol. The summed E-state index contributed by atoms with van der Waals surface area (Å²) in [5.41, 5.74) is 7.33. The molecule has 3 aromatic rings. The maximum Gasteiger partial charge on any atom is 0.245 e. The minimum Gasteiger partial charge on any atom is -0.361 e. The first-order valence-electron chi connectivity index (χ1n) is 14.3. The Morgan fingerprint density at radius 3 is 2.52 bits per heavy atom. The average molecular weight is 544 g/mol. The zero-order valence-electron chi connectivity index (χ0n) is 23.9. The van der Waals surface area contributed by atoms with Crippen molar-refractivity contribution < 1.29 is 14.4 Å². The highest BCUT2D eigenvalue weighted by atomic mass is 16.2. The third-order valence-electron chi connectivity index (χ3n) is 8.68. The molecule has 2 aliphatic rings. The summed E-state index contributed by atoms with van der Waals surface area (Å²) in [5.74, 6) is -0.454. The quantitative estimate of drug-likeness (QED) is 0.423. The van der Waals surface area contributed by atoms with Gasteiger partial charge in [0.15, 0.2) is 0 Å². The van der Waals surface area contributed by atoms with Crippen molar-refractivity contribution in [3.63, 3.8) is 0 Å². The van der Waals surface area contributed by atoms with Crippen molar-refractivity contribution in [3.05, 3.63) is 71.9 Å². The van der Waals surface area contributed by atoms with Crippen LogP contribution in [0.2, 0.25) is 0 Å². The molecule has 4 N–H and O–H groups in total. The van der Waals surface area contributed by atoms with Crippen molar-refractivity contribution in [2.75, 3.05) is 19.6 Å². The molecule has 3 unspecified atom stereocenters. The van der Waals surface area contributed by atoms with Crippen LogP contribution in [0.3, 0.4) is 0 Å². The van der Waals surface area contributed by atoms with Crippen molar-refractivity contribution in [2.45, 2.75) is 70.5 Å². The maximum absolute atomic E-state index is 14.3. The van der Waals surface area contributed by atoms with Gasteiger partial charge in [0.1, 0.15) is 6.04 Å². The Morgan fingerprint density at radius 1 is 1.12 bits per heavy atom. The smallest absolute Gasteiger partial charge is 0.245 e. The molecule has 2 aromatic carbocycles. The van der Waals surface area contributed by atoms with E-state index in [1.54, 1.807) is 13.8 Å². The lowest BCUT2D eigenvalue weighted by Crippen LogP contribution is -2.60. The van der Waals surface area contributed by atoms with Gasteiger partial charge in [0.2, 0.25) is 17.7 Å². The van der Waals surface area contributed by atoms with E-state index in [9.17, 15) is 14.4 Å². The Hall–Kier alpha value is -3.65. The summed E-state index contributed by atoms with van der Waals surface area (Å²) in [6.45, 7) is 8.88. The molecule has 0 saturated carbocycles. The highest BCUT2D eigenvalue weighted by Gasteiger charge is 2.57. The lowest BCUT2D eigenvalue weighted by atomic mass is 9.69. The molecular formula is C32H41N5O3. The van der Waals surface area contributed by atoms with Gasteiger partial charge in [-0.05, 0) is 57.7 Å². The fraction of sp³-hybridized carbons (Fsp3) is 0.469. The van der Waals surface area contributed by atoms with E-state index in [2.05, 4.69) is 22.4 Å². The third-order valence-corrected chi connectivity index (χ3v) is 8.68. The Kier molecular flexibility index (Phi) is 7.48. The summed E-state index contributed by atoms with van der Waals surface area (Å²) in [7, 11) is 0. The number of hydrogen-bond acceptors (Lipinski definition) is 4. The van der Waals surface area contributed by atoms with Gasteiger partial charge in [-0.2, -0.15) is 0 Å². The summed E-state index contributed by atoms with van der Waals surface area (Å²) in [6.07, 6.45) is 3.67. The predicted octanol–water partition coefficient (Wildman–Crippen LogP) is 3.58. The largest absolute Gasteiger partial charge is 0.361 e. The number of nitrogens with one attached hydrogen (secondary N) is 2. The minimum atomic E-state index is -1.14. The van der Waals surface area contributed by atoms with Crippen LogP contribution in [0.5, 0.6) is 0 Å². The molecule has 3 atom stereocenters. The first-order chi connectivity index (χ1) is 19.0. The van der Waals surface area contributed by atoms with Crippen LogP contribution in [0, 0.1) is 5.41 Å². The molecule has 1 spiro atoms. The van der Waals surface area contributed by atoms with Crippen LogP contribution in [0.4, 0.5) is 0 Å². The Labute approximate surface area is 236 Å². The summed E-state index contributed by atoms with van der Waals surface area (Å²) < 4.78 is 0. The molecule has 40 heavy (non-hydrogen) atoms. The van der Waals surface area contributed by atoms with Gasteiger partial charge in [0.05, 0.1) is 11.0 Å². The van der Waals surface area contributed by atoms with Crippen LogP contribution >= 0.6 is 0 Å². The third kappa shape index (κ3) is 5.12. The van der Waals surface area contributed by atoms with Gasteiger partial charge < -0.3 is 25.8 Å². The Balaban J connectivity index is 1.47. The average Bonchev–Trinajstić information content (AvgIpc) is 3.46. The number of carbonyl (C=O) groups is 3. The van der Waals surface area contributed by atoms with E-state index in [0.29, 0.717) is 26.1 Å². The molecule has 3 amide bonds. The second kappa shape index (κ2) is 10.7. The molecule has 5 rings (SSSR count). The first-order valence-corrected chi connectivity index (χ1v) is 14.3. The number of carbonyl (C=O) groups excluding carboxylic acids is 3. The fourth-order valence-corrected chi connectivity index (χ4v) is 6.46. The number of hydrogen-bond donors (Lipinski definition) is 3. The molecule has 8 heteroatoms. The van der Waals surface area contributed by atoms with Crippen LogP contribution in [-0.4, -0.2) is 69.8 Å². The van der Waals surface area contributed by atoms with Gasteiger partial charge in [-0.25, -0.2) is 0 Å². The number of aromatic nitrogens is 1. The molecule has 0 radical (unpaired) electrons. The lowest BCUT2D eigenvalue weighted by Gasteiger charge is -2.43. The topological polar surface area (TPSA) is 112 Å². The number of piperidine rings is 1. The van der Waals surface area contributed by atoms with Gasteiger partial charge in [-0.3, -0.25) is 14.4 Å². The SMILES string of the molecule is CC(C)N1CC(c2ccccc2)C2(CCCN(C(=O)C(Cc3c[nH]c4ccccc34)NC(=O)C(C)(C)N)C2)C1=O. The number of nitrogens with two attached hydrogens (primary N) is 1. The molecule has 0 bridgehead atoms. The summed E-state index contributed by atoms with van der Waals surface area (Å²) in [6, 6.07) is 17.4. The van der Waals surface area contributed by atoms with E-state index in [4.69, 9.17) is 5.73 Å². The van der Waals surface area contributed by atoms with Crippen molar-refractivity contribution >= 4 is 28.6 Å².